The van der Waals surface area contributed by atoms with Crippen molar-refractivity contribution in [1.82, 2.24) is 9.97 Å². The summed E-state index contributed by atoms with van der Waals surface area (Å²) < 4.78 is 195. The predicted molar refractivity (Wildman–Crippen MR) is 367 cm³/mol. The predicted octanol–water partition coefficient (Wildman–Crippen LogP) is 6.79. The van der Waals surface area contributed by atoms with Crippen molar-refractivity contribution in [3.8, 4) is 96.9 Å². The van der Waals surface area contributed by atoms with Crippen LogP contribution < -0.4 is 144 Å². The third-order valence-corrected chi connectivity index (χ3v) is 22.7. The van der Waals surface area contributed by atoms with Crippen LogP contribution in [0.3, 0.4) is 0 Å². The maximum atomic E-state index is 14.2. The Kier molecular flexibility index (Phi) is 24.4. The molecule has 0 atom stereocenters. The molecular formula is C75H51KN2Na2O18S5. The third-order valence-electron chi connectivity index (χ3n) is 15.7. The number of imidazole rings is 1. The van der Waals surface area contributed by atoms with Crippen LogP contribution in [-0.4, -0.2) is 63.3 Å². The van der Waals surface area contributed by atoms with E-state index in [0.717, 1.165) is 52.1 Å². The number of hydrogen-bond donors (Lipinski definition) is 0. The van der Waals surface area contributed by atoms with E-state index in [-0.39, 0.29) is 164 Å². The van der Waals surface area contributed by atoms with E-state index in [0.29, 0.717) is 51.9 Å². The average molecular weight is 1510 g/mol. The zero-order valence-electron chi connectivity index (χ0n) is 55.3. The topological polar surface area (TPSA) is 299 Å². The minimum absolute atomic E-state index is 0. The normalized spacial score (nSPS) is 11.7. The molecule has 0 aliphatic rings. The minimum Gasteiger partial charge on any atom is -0.744 e. The molecular weight excluding hydrogens is 1460 g/mol. The van der Waals surface area contributed by atoms with Gasteiger partial charge in [0.25, 0.3) is 0 Å². The van der Waals surface area contributed by atoms with Gasteiger partial charge < -0.3 is 47.5 Å². The first-order chi connectivity index (χ1) is 47.8. The molecule has 0 spiro atoms. The summed E-state index contributed by atoms with van der Waals surface area (Å²) in [5.74, 6) is 1.66. The maximum Gasteiger partial charge on any atom is 1.00 e. The number of rotatable bonds is 22. The Morgan fingerprint density at radius 3 is 0.990 bits per heavy atom. The molecule has 0 radical (unpaired) electrons. The fraction of sp³-hybridized carbons (Fsp3) is 0.0267. The van der Waals surface area contributed by atoms with Gasteiger partial charge in [-0.1, -0.05) is 96.3 Å². The van der Waals surface area contributed by atoms with Crippen LogP contribution in [0.4, 0.5) is 0 Å². The molecule has 1 aromatic heterocycles. The molecule has 0 amide bonds. The standard InChI is InChI=1S/C75H53N2O18S5.K.2Na/c1-48-7-31-63(32-8-48)96(78,79)64-33-25-57(26-34-64)91-55-19-11-50(12-20-55)51-13-21-56(22-14-51)92-58-27-35-65(36-28-58)97(80,81)66-37-29-59(30-38-66)93-61-43-53(75-76-69-5-3-4-6-70(69)77-75)44-62(45-61)95-72-42-40-68(47-74(72)100(87,88)89)98(82,83)67-39-41-71(73(46-67)99(84,85)86)94-60-23-15-52(16-24-60)49-9-17-54(90-2)18-10-49;;;/h3-47H,1-2H3,(H2-,76,77,84,85,86,87,88,89);;;/q-1;3*+1/p-2. The summed E-state index contributed by atoms with van der Waals surface area (Å²) in [5, 5.41) is 0. The number of ether oxygens (including phenoxy) is 6. The van der Waals surface area contributed by atoms with Crippen LogP contribution in [0, 0.1) is 6.92 Å². The molecule has 0 saturated heterocycles. The summed E-state index contributed by atoms with van der Waals surface area (Å²) in [6, 6.07) is 68.5. The molecule has 13 aromatic rings. The Morgan fingerprint density at radius 1 is 0.320 bits per heavy atom. The number of fused-ring (bicyclic) bond motifs is 1. The van der Waals surface area contributed by atoms with Gasteiger partial charge in [-0.3, -0.25) is 0 Å². The molecule has 0 saturated carbocycles. The number of nitrogens with zero attached hydrogens (tertiary/aromatic N) is 2. The van der Waals surface area contributed by atoms with E-state index in [1.165, 1.54) is 98.1 Å². The largest absolute Gasteiger partial charge is 1.00 e. The van der Waals surface area contributed by atoms with Gasteiger partial charge in [0, 0.05) is 6.07 Å². The van der Waals surface area contributed by atoms with Crippen LogP contribution in [0.25, 0.3) is 44.7 Å². The molecule has 0 fully saturated rings. The minimum atomic E-state index is -5.56. The second-order valence-electron chi connectivity index (χ2n) is 22.4. The monoisotopic (exact) mass is 1510 g/mol. The molecule has 12 aromatic carbocycles. The molecule has 0 bridgehead atoms. The molecule has 28 heteroatoms. The Morgan fingerprint density at radius 2 is 0.621 bits per heavy atom. The fourth-order valence-electron chi connectivity index (χ4n) is 10.5. The van der Waals surface area contributed by atoms with Crippen LogP contribution in [0.5, 0.6) is 63.2 Å². The van der Waals surface area contributed by atoms with Crippen LogP contribution >= 0.6 is 0 Å². The van der Waals surface area contributed by atoms with E-state index in [4.69, 9.17) is 28.4 Å². The zero-order chi connectivity index (χ0) is 70.1. The summed E-state index contributed by atoms with van der Waals surface area (Å²) in [5.41, 5.74) is 5.63. The number of aromatic nitrogens is 2. The van der Waals surface area contributed by atoms with Crippen molar-refractivity contribution in [2.45, 2.75) is 46.1 Å². The molecule has 0 aliphatic heterocycles. The molecule has 0 unspecified atom stereocenters. The summed E-state index contributed by atoms with van der Waals surface area (Å²) in [6.07, 6.45) is 0. The molecule has 502 valence electrons. The van der Waals surface area contributed by atoms with Gasteiger partial charge in [0.2, 0.25) is 29.5 Å². The Balaban J connectivity index is 0.00000380. The number of para-hydroxylation sites is 2. The molecule has 103 heavy (non-hydrogen) atoms. The summed E-state index contributed by atoms with van der Waals surface area (Å²) in [7, 11) is -22.1. The van der Waals surface area contributed by atoms with Crippen molar-refractivity contribution in [3.63, 3.8) is 0 Å². The fourth-order valence-corrected chi connectivity index (χ4v) is 15.7. The quantitative estimate of drug-likeness (QED) is 0.0498. The smallest absolute Gasteiger partial charge is 0.744 e. The maximum absolute atomic E-state index is 14.2. The molecule has 13 rings (SSSR count). The van der Waals surface area contributed by atoms with Gasteiger partial charge >= 0.3 is 110 Å². The van der Waals surface area contributed by atoms with Gasteiger partial charge in [0.15, 0.2) is 0 Å². The Labute approximate surface area is 680 Å². The third kappa shape index (κ3) is 18.0. The zero-order valence-corrected chi connectivity index (χ0v) is 66.5. The van der Waals surface area contributed by atoms with E-state index in [1.807, 2.05) is 43.3 Å². The Bertz CT molecular complexity index is 5840. The second-order valence-corrected chi connectivity index (χ2v) is 30.9. The van der Waals surface area contributed by atoms with Gasteiger partial charge in [-0.05, 0) is 228 Å². The van der Waals surface area contributed by atoms with Gasteiger partial charge in [-0.25, -0.2) is 42.1 Å². The van der Waals surface area contributed by atoms with Crippen LogP contribution in [0.2, 0.25) is 0 Å². The van der Waals surface area contributed by atoms with E-state index >= 15 is 0 Å². The van der Waals surface area contributed by atoms with Gasteiger partial charge in [-0.2, -0.15) is 0 Å². The van der Waals surface area contributed by atoms with E-state index < -0.39 is 80.8 Å². The number of methoxy groups -OCH3 is 1. The van der Waals surface area contributed by atoms with Crippen LogP contribution in [-0.2, 0) is 49.7 Å². The van der Waals surface area contributed by atoms with Gasteiger partial charge in [-0.15, -0.1) is 0 Å². The number of hydrogen-bond acceptors (Lipinski definition) is 19. The first-order valence-electron chi connectivity index (χ1n) is 30.0. The Hall–Kier alpha value is -7.78. The van der Waals surface area contributed by atoms with Crippen molar-refractivity contribution < 1.29 is 190 Å². The molecule has 20 nitrogen and oxygen atoms in total. The first-order valence-corrected chi connectivity index (χ1v) is 37.3. The summed E-state index contributed by atoms with van der Waals surface area (Å²) in [4.78, 5) is 5.73. The van der Waals surface area contributed by atoms with E-state index in [9.17, 15) is 51.2 Å². The van der Waals surface area contributed by atoms with Crippen LogP contribution in [0.1, 0.15) is 5.56 Å². The first kappa shape index (κ1) is 77.8. The summed E-state index contributed by atoms with van der Waals surface area (Å²) >= 11 is 0. The van der Waals surface area contributed by atoms with Gasteiger partial charge in [0.05, 0.1) is 46.3 Å². The van der Waals surface area contributed by atoms with Gasteiger partial charge in [0.1, 0.15) is 83.5 Å². The summed E-state index contributed by atoms with van der Waals surface area (Å²) in [6.45, 7) is 1.89. The van der Waals surface area contributed by atoms with E-state index in [1.54, 1.807) is 109 Å². The second kappa shape index (κ2) is 32.3. The van der Waals surface area contributed by atoms with E-state index in [2.05, 4.69) is 9.97 Å². The van der Waals surface area contributed by atoms with Crippen LogP contribution in [0.15, 0.2) is 312 Å². The average Bonchev–Trinajstić information content (AvgIpc) is 0.953. The number of sulfone groups is 3. The van der Waals surface area contributed by atoms with Crippen molar-refractivity contribution in [1.29, 1.82) is 0 Å². The molecule has 0 aliphatic carbocycles. The van der Waals surface area contributed by atoms with Crippen molar-refractivity contribution in [2.75, 3.05) is 7.11 Å². The van der Waals surface area contributed by atoms with Crippen molar-refractivity contribution in [2.24, 2.45) is 0 Å². The number of benzene rings is 12. The molecule has 0 N–H and O–H groups in total. The van der Waals surface area contributed by atoms with Crippen molar-refractivity contribution >= 4 is 60.8 Å². The SMILES string of the molecule is COc1ccc(-c2ccc(Oc3ccc(S(=O)(=O)c4ccc(Oc5cc(Oc6ccc(S(=O)(=O)c7ccc(Oc8ccc(-c9ccc(Oc%10ccc(S(=O)(=O)c%11ccc(C)cc%11)cc%10)cc9)cc8)cc7)cc6)cc(-c6nc7ccccc7[n-]6)c5)c(S(=O)(=O)[O-])c4)cc3S(=O)(=O)[O-])cc2)cc1.[K+].[Na+].[Na+]. The molecule has 1 heterocycles. The van der Waals surface area contributed by atoms with Crippen molar-refractivity contribution in [3.05, 3.63) is 279 Å². The number of aryl methyl sites for hydroxylation is 1.